The van der Waals surface area contributed by atoms with Crippen molar-refractivity contribution in [2.75, 3.05) is 7.11 Å². The molecule has 1 heterocycles. The first-order chi connectivity index (χ1) is 7.29. The third-order valence-electron chi connectivity index (χ3n) is 2.63. The second-order valence-corrected chi connectivity index (χ2v) is 4.55. The van der Waals surface area contributed by atoms with Crippen LogP contribution in [0.3, 0.4) is 0 Å². The Morgan fingerprint density at radius 2 is 2.12 bits per heavy atom. The molecule has 1 aromatic heterocycles. The van der Waals surface area contributed by atoms with E-state index in [0.717, 1.165) is 11.3 Å². The van der Waals surface area contributed by atoms with E-state index >= 15 is 0 Å². The summed E-state index contributed by atoms with van der Waals surface area (Å²) in [7, 11) is 3.35. The Morgan fingerprint density at radius 1 is 1.56 bits per heavy atom. The maximum atomic E-state index is 10.8. The van der Waals surface area contributed by atoms with E-state index < -0.39 is 11.4 Å². The number of aliphatic carboxylic acids is 1. The molecule has 0 fully saturated rings. The van der Waals surface area contributed by atoms with Crippen molar-refractivity contribution < 1.29 is 14.6 Å². The molecule has 0 amide bonds. The van der Waals surface area contributed by atoms with E-state index in [1.54, 1.807) is 18.8 Å². The molecular formula is C11H18N2O3. The lowest BCUT2D eigenvalue weighted by molar-refractivity contribution is -0.138. The molecule has 1 rings (SSSR count). The molecule has 5 heteroatoms. The first-order valence-electron chi connectivity index (χ1n) is 5.09. The Labute approximate surface area is 95.0 Å². The number of rotatable bonds is 4. The van der Waals surface area contributed by atoms with Gasteiger partial charge in [-0.15, -0.1) is 0 Å². The zero-order valence-corrected chi connectivity index (χ0v) is 10.4. The van der Waals surface area contributed by atoms with Crippen molar-refractivity contribution in [3.8, 4) is 5.88 Å². The predicted molar refractivity (Wildman–Crippen MR) is 59.8 cm³/mol. The van der Waals surface area contributed by atoms with Crippen LogP contribution in [0.25, 0.3) is 0 Å². The first kappa shape index (κ1) is 12.5. The summed E-state index contributed by atoms with van der Waals surface area (Å²) in [6.07, 6.45) is 0.0515. The summed E-state index contributed by atoms with van der Waals surface area (Å²) >= 11 is 0. The van der Waals surface area contributed by atoms with Gasteiger partial charge < -0.3 is 9.84 Å². The van der Waals surface area contributed by atoms with Gasteiger partial charge in [-0.25, -0.2) is 4.68 Å². The van der Waals surface area contributed by atoms with Crippen molar-refractivity contribution in [1.82, 2.24) is 9.78 Å². The highest BCUT2D eigenvalue weighted by Crippen LogP contribution is 2.36. The monoisotopic (exact) mass is 226 g/mol. The topological polar surface area (TPSA) is 64.3 Å². The lowest BCUT2D eigenvalue weighted by Gasteiger charge is -2.23. The standard InChI is InChI=1S/C11H18N2O3/c1-7-9(10(16-5)13(4)12-7)11(2,3)6-8(14)15/h6H2,1-5H3,(H,14,15). The van der Waals surface area contributed by atoms with Crippen molar-refractivity contribution in [2.45, 2.75) is 32.6 Å². The maximum Gasteiger partial charge on any atom is 0.304 e. The van der Waals surface area contributed by atoms with Gasteiger partial charge in [0.25, 0.3) is 0 Å². The Bertz CT molecular complexity index is 408. The molecule has 1 N–H and O–H groups in total. The fraction of sp³-hybridized carbons (Fsp3) is 0.636. The third-order valence-corrected chi connectivity index (χ3v) is 2.63. The normalized spacial score (nSPS) is 11.6. The molecule has 0 atom stereocenters. The van der Waals surface area contributed by atoms with E-state index in [2.05, 4.69) is 5.10 Å². The van der Waals surface area contributed by atoms with Crippen LogP contribution < -0.4 is 4.74 Å². The molecular weight excluding hydrogens is 208 g/mol. The average Bonchev–Trinajstić information content (AvgIpc) is 2.38. The van der Waals surface area contributed by atoms with E-state index in [1.165, 1.54) is 0 Å². The van der Waals surface area contributed by atoms with Gasteiger partial charge in [-0.05, 0) is 6.92 Å². The molecule has 0 saturated heterocycles. The number of hydrogen-bond acceptors (Lipinski definition) is 3. The molecule has 0 aliphatic rings. The van der Waals surface area contributed by atoms with E-state index in [9.17, 15) is 4.79 Å². The molecule has 1 aromatic rings. The average molecular weight is 226 g/mol. The van der Waals surface area contributed by atoms with Crippen LogP contribution in [-0.4, -0.2) is 28.0 Å². The second-order valence-electron chi connectivity index (χ2n) is 4.55. The molecule has 0 bridgehead atoms. The van der Waals surface area contributed by atoms with Gasteiger partial charge in [0.15, 0.2) is 0 Å². The zero-order chi connectivity index (χ0) is 12.5. The molecule has 16 heavy (non-hydrogen) atoms. The minimum Gasteiger partial charge on any atom is -0.481 e. The van der Waals surface area contributed by atoms with Crippen LogP contribution in [-0.2, 0) is 17.3 Å². The fourth-order valence-corrected chi connectivity index (χ4v) is 2.12. The van der Waals surface area contributed by atoms with Gasteiger partial charge in [0.2, 0.25) is 5.88 Å². The van der Waals surface area contributed by atoms with E-state index in [0.29, 0.717) is 5.88 Å². The Morgan fingerprint density at radius 3 is 2.56 bits per heavy atom. The minimum absolute atomic E-state index is 0.0515. The molecule has 0 aliphatic heterocycles. The number of methoxy groups -OCH3 is 1. The summed E-state index contributed by atoms with van der Waals surface area (Å²) in [4.78, 5) is 10.8. The fourth-order valence-electron chi connectivity index (χ4n) is 2.12. The van der Waals surface area contributed by atoms with E-state index in [1.807, 2.05) is 20.8 Å². The summed E-state index contributed by atoms with van der Waals surface area (Å²) in [5, 5.41) is 13.2. The molecule has 0 spiro atoms. The number of hydrogen-bond donors (Lipinski definition) is 1. The van der Waals surface area contributed by atoms with Gasteiger partial charge in [-0.3, -0.25) is 4.79 Å². The van der Waals surface area contributed by atoms with E-state index in [-0.39, 0.29) is 6.42 Å². The van der Waals surface area contributed by atoms with Crippen molar-refractivity contribution in [2.24, 2.45) is 7.05 Å². The Balaban J connectivity index is 3.25. The Hall–Kier alpha value is -1.52. The maximum absolute atomic E-state index is 10.8. The summed E-state index contributed by atoms with van der Waals surface area (Å²) < 4.78 is 6.91. The van der Waals surface area contributed by atoms with Gasteiger partial charge in [-0.1, -0.05) is 13.8 Å². The van der Waals surface area contributed by atoms with Crippen molar-refractivity contribution in [1.29, 1.82) is 0 Å². The third kappa shape index (κ3) is 2.18. The van der Waals surface area contributed by atoms with Crippen LogP contribution in [0.1, 0.15) is 31.5 Å². The van der Waals surface area contributed by atoms with E-state index in [4.69, 9.17) is 9.84 Å². The summed E-state index contributed by atoms with van der Waals surface area (Å²) in [6.45, 7) is 5.63. The molecule has 0 aromatic carbocycles. The van der Waals surface area contributed by atoms with Crippen LogP contribution in [0, 0.1) is 6.92 Å². The highest BCUT2D eigenvalue weighted by molar-refractivity contribution is 5.69. The van der Waals surface area contributed by atoms with Gasteiger partial charge in [0.1, 0.15) is 0 Å². The molecule has 0 aliphatic carbocycles. The molecule has 0 radical (unpaired) electrons. The summed E-state index contributed by atoms with van der Waals surface area (Å²) in [5.74, 6) is -0.195. The van der Waals surface area contributed by atoms with Crippen molar-refractivity contribution in [3.63, 3.8) is 0 Å². The molecule has 0 unspecified atom stereocenters. The first-order valence-corrected chi connectivity index (χ1v) is 5.09. The summed E-state index contributed by atoms with van der Waals surface area (Å²) in [5.41, 5.74) is 1.18. The lowest BCUT2D eigenvalue weighted by Crippen LogP contribution is -2.23. The highest BCUT2D eigenvalue weighted by Gasteiger charge is 2.32. The number of carboxylic acids is 1. The predicted octanol–water partition coefficient (Wildman–Crippen LogP) is 1.49. The second kappa shape index (κ2) is 4.15. The SMILES string of the molecule is COc1c(C(C)(C)CC(=O)O)c(C)nn1C. The van der Waals surface area contributed by atoms with Crippen LogP contribution in [0.15, 0.2) is 0 Å². The van der Waals surface area contributed by atoms with Crippen LogP contribution in [0.5, 0.6) is 5.88 Å². The van der Waals surface area contributed by atoms with Crippen LogP contribution >= 0.6 is 0 Å². The van der Waals surface area contributed by atoms with Gasteiger partial charge in [-0.2, -0.15) is 5.10 Å². The molecule has 0 saturated carbocycles. The number of aryl methyl sites for hydroxylation is 2. The number of carbonyl (C=O) groups is 1. The largest absolute Gasteiger partial charge is 0.481 e. The van der Waals surface area contributed by atoms with Crippen LogP contribution in [0.4, 0.5) is 0 Å². The summed E-state index contributed by atoms with van der Waals surface area (Å²) in [6, 6.07) is 0. The van der Waals surface area contributed by atoms with Gasteiger partial charge >= 0.3 is 5.97 Å². The van der Waals surface area contributed by atoms with Gasteiger partial charge in [0, 0.05) is 18.0 Å². The minimum atomic E-state index is -0.824. The van der Waals surface area contributed by atoms with Crippen LogP contribution in [0.2, 0.25) is 0 Å². The van der Waals surface area contributed by atoms with Gasteiger partial charge in [0.05, 0.1) is 19.2 Å². The zero-order valence-electron chi connectivity index (χ0n) is 10.4. The number of ether oxygens (including phenoxy) is 1. The van der Waals surface area contributed by atoms with Crippen molar-refractivity contribution >= 4 is 5.97 Å². The highest BCUT2D eigenvalue weighted by atomic mass is 16.5. The number of carboxylic acid groups (broad SMARTS) is 1. The smallest absolute Gasteiger partial charge is 0.304 e. The number of aromatic nitrogens is 2. The molecule has 5 nitrogen and oxygen atoms in total. The lowest BCUT2D eigenvalue weighted by atomic mass is 9.81. The quantitative estimate of drug-likeness (QED) is 0.844. The molecule has 90 valence electrons. The Kier molecular flexibility index (Phi) is 3.26. The number of nitrogens with zero attached hydrogens (tertiary/aromatic N) is 2. The van der Waals surface area contributed by atoms with Crippen molar-refractivity contribution in [3.05, 3.63) is 11.3 Å².